The first kappa shape index (κ1) is 14.9. The zero-order valence-electron chi connectivity index (χ0n) is 10.5. The Kier molecular flexibility index (Phi) is 7.34. The van der Waals surface area contributed by atoms with Gasteiger partial charge in [0, 0.05) is 11.3 Å². The molecular formula is C14H20O3S. The van der Waals surface area contributed by atoms with E-state index >= 15 is 0 Å². The van der Waals surface area contributed by atoms with E-state index in [1.54, 1.807) is 23.9 Å². The summed E-state index contributed by atoms with van der Waals surface area (Å²) >= 11 is 1.79. The fourth-order valence-electron chi connectivity index (χ4n) is 1.64. The van der Waals surface area contributed by atoms with Crippen molar-refractivity contribution >= 4 is 17.7 Å². The van der Waals surface area contributed by atoms with Crippen molar-refractivity contribution in [1.29, 1.82) is 0 Å². The summed E-state index contributed by atoms with van der Waals surface area (Å²) < 4.78 is 0. The van der Waals surface area contributed by atoms with Gasteiger partial charge in [0.15, 0.2) is 0 Å². The molecule has 0 spiro atoms. The standard InChI is InChI=1S/C14H20O3S/c15-12-7-9-13(10-8-12)18-11-5-3-1-2-4-6-14(16)17/h7-10,15H,1-6,11H2,(H,16,17). The van der Waals surface area contributed by atoms with Crippen LogP contribution in [-0.4, -0.2) is 21.9 Å². The van der Waals surface area contributed by atoms with Gasteiger partial charge in [-0.3, -0.25) is 4.79 Å². The second-order valence-electron chi connectivity index (χ2n) is 4.25. The monoisotopic (exact) mass is 268 g/mol. The highest BCUT2D eigenvalue weighted by molar-refractivity contribution is 7.99. The van der Waals surface area contributed by atoms with Crippen molar-refractivity contribution in [3.63, 3.8) is 0 Å². The Morgan fingerprint density at radius 1 is 1.00 bits per heavy atom. The van der Waals surface area contributed by atoms with E-state index in [-0.39, 0.29) is 0 Å². The number of hydrogen-bond acceptors (Lipinski definition) is 3. The quantitative estimate of drug-likeness (QED) is 0.526. The van der Waals surface area contributed by atoms with Crippen molar-refractivity contribution in [3.8, 4) is 5.75 Å². The lowest BCUT2D eigenvalue weighted by molar-refractivity contribution is -0.137. The summed E-state index contributed by atoms with van der Waals surface area (Å²) in [6, 6.07) is 7.25. The van der Waals surface area contributed by atoms with Crippen LogP contribution >= 0.6 is 11.8 Å². The number of aliphatic carboxylic acids is 1. The molecule has 0 aliphatic rings. The summed E-state index contributed by atoms with van der Waals surface area (Å²) in [7, 11) is 0. The molecule has 1 rings (SSSR count). The van der Waals surface area contributed by atoms with Gasteiger partial charge in [-0.05, 0) is 42.9 Å². The molecule has 0 fully saturated rings. The van der Waals surface area contributed by atoms with Gasteiger partial charge in [-0.25, -0.2) is 0 Å². The SMILES string of the molecule is O=C(O)CCCCCCCSc1ccc(O)cc1. The minimum absolute atomic E-state index is 0.294. The largest absolute Gasteiger partial charge is 0.508 e. The molecule has 0 bridgehead atoms. The van der Waals surface area contributed by atoms with Crippen molar-refractivity contribution in [1.82, 2.24) is 0 Å². The number of unbranched alkanes of at least 4 members (excludes halogenated alkanes) is 4. The molecule has 0 aliphatic carbocycles. The van der Waals surface area contributed by atoms with Gasteiger partial charge in [-0.15, -0.1) is 11.8 Å². The minimum Gasteiger partial charge on any atom is -0.508 e. The number of carbonyl (C=O) groups is 1. The van der Waals surface area contributed by atoms with E-state index in [2.05, 4.69) is 0 Å². The maximum absolute atomic E-state index is 10.3. The summed E-state index contributed by atoms with van der Waals surface area (Å²) in [6.07, 6.45) is 5.52. The Balaban J connectivity index is 1.95. The number of phenolic OH excluding ortho intramolecular Hbond substituents is 1. The lowest BCUT2D eigenvalue weighted by Crippen LogP contribution is -1.93. The molecule has 0 aromatic heterocycles. The van der Waals surface area contributed by atoms with Gasteiger partial charge >= 0.3 is 5.97 Å². The Hall–Kier alpha value is -1.16. The summed E-state index contributed by atoms with van der Waals surface area (Å²) in [4.78, 5) is 11.5. The molecule has 3 nitrogen and oxygen atoms in total. The molecule has 0 saturated heterocycles. The number of phenols is 1. The fraction of sp³-hybridized carbons (Fsp3) is 0.500. The molecule has 0 radical (unpaired) electrons. The average molecular weight is 268 g/mol. The van der Waals surface area contributed by atoms with Gasteiger partial charge in [-0.2, -0.15) is 0 Å². The zero-order valence-corrected chi connectivity index (χ0v) is 11.3. The molecule has 0 unspecified atom stereocenters. The first-order valence-corrected chi connectivity index (χ1v) is 7.30. The van der Waals surface area contributed by atoms with Gasteiger partial charge in [0.2, 0.25) is 0 Å². The topological polar surface area (TPSA) is 57.5 Å². The van der Waals surface area contributed by atoms with Crippen LogP contribution in [0.1, 0.15) is 38.5 Å². The molecule has 1 aromatic rings. The maximum Gasteiger partial charge on any atom is 0.303 e. The van der Waals surface area contributed by atoms with Gasteiger partial charge in [0.05, 0.1) is 0 Å². The van der Waals surface area contributed by atoms with Gasteiger partial charge < -0.3 is 10.2 Å². The number of carboxylic acid groups (broad SMARTS) is 1. The van der Waals surface area contributed by atoms with Crippen LogP contribution in [0.15, 0.2) is 29.2 Å². The van der Waals surface area contributed by atoms with Crippen LogP contribution in [0.5, 0.6) is 5.75 Å². The zero-order chi connectivity index (χ0) is 13.2. The number of benzene rings is 1. The predicted molar refractivity (Wildman–Crippen MR) is 74.2 cm³/mol. The third kappa shape index (κ3) is 7.22. The van der Waals surface area contributed by atoms with Crippen molar-refractivity contribution in [2.24, 2.45) is 0 Å². The van der Waals surface area contributed by atoms with E-state index in [0.29, 0.717) is 12.2 Å². The average Bonchev–Trinajstić information content (AvgIpc) is 2.34. The smallest absolute Gasteiger partial charge is 0.303 e. The van der Waals surface area contributed by atoms with E-state index in [1.807, 2.05) is 12.1 Å². The van der Waals surface area contributed by atoms with E-state index in [4.69, 9.17) is 10.2 Å². The van der Waals surface area contributed by atoms with Crippen LogP contribution in [0.3, 0.4) is 0 Å². The lowest BCUT2D eigenvalue weighted by Gasteiger charge is -2.02. The molecule has 4 heteroatoms. The molecule has 2 N–H and O–H groups in total. The summed E-state index contributed by atoms with van der Waals surface area (Å²) in [6.45, 7) is 0. The number of aromatic hydroxyl groups is 1. The third-order valence-corrected chi connectivity index (χ3v) is 3.74. The van der Waals surface area contributed by atoms with Crippen LogP contribution in [0.4, 0.5) is 0 Å². The highest BCUT2D eigenvalue weighted by Gasteiger charge is 1.97. The Morgan fingerprint density at radius 2 is 1.61 bits per heavy atom. The van der Waals surface area contributed by atoms with Crippen molar-refractivity contribution in [2.75, 3.05) is 5.75 Å². The normalized spacial score (nSPS) is 10.4. The summed E-state index contributed by atoms with van der Waals surface area (Å²) in [5, 5.41) is 17.6. The van der Waals surface area contributed by atoms with Crippen LogP contribution in [0.25, 0.3) is 0 Å². The van der Waals surface area contributed by atoms with E-state index in [0.717, 1.165) is 37.9 Å². The van der Waals surface area contributed by atoms with Gasteiger partial charge in [0.25, 0.3) is 0 Å². The molecule has 1 aromatic carbocycles. The van der Waals surface area contributed by atoms with Crippen molar-refractivity contribution in [3.05, 3.63) is 24.3 Å². The van der Waals surface area contributed by atoms with Gasteiger partial charge in [0.1, 0.15) is 5.75 Å². The van der Waals surface area contributed by atoms with Crippen molar-refractivity contribution < 1.29 is 15.0 Å². The first-order valence-electron chi connectivity index (χ1n) is 6.32. The number of thioether (sulfide) groups is 1. The van der Waals surface area contributed by atoms with Crippen LogP contribution < -0.4 is 0 Å². The summed E-state index contributed by atoms with van der Waals surface area (Å²) in [5.74, 6) is 0.680. The second kappa shape index (κ2) is 8.86. The molecule has 0 amide bonds. The Bertz CT molecular complexity index is 349. The van der Waals surface area contributed by atoms with Crippen LogP contribution in [-0.2, 0) is 4.79 Å². The lowest BCUT2D eigenvalue weighted by atomic mass is 10.1. The second-order valence-corrected chi connectivity index (χ2v) is 5.42. The van der Waals surface area contributed by atoms with Crippen LogP contribution in [0, 0.1) is 0 Å². The molecule has 100 valence electrons. The predicted octanol–water partition coefficient (Wildman–Crippen LogP) is 3.91. The molecule has 0 atom stereocenters. The first-order chi connectivity index (χ1) is 8.68. The third-order valence-electron chi connectivity index (χ3n) is 2.64. The Labute approximate surface area is 112 Å². The molecule has 0 heterocycles. The molecule has 18 heavy (non-hydrogen) atoms. The fourth-order valence-corrected chi connectivity index (χ4v) is 2.55. The van der Waals surface area contributed by atoms with E-state index in [9.17, 15) is 4.79 Å². The number of hydrogen-bond donors (Lipinski definition) is 2. The van der Waals surface area contributed by atoms with Crippen LogP contribution in [0.2, 0.25) is 0 Å². The number of rotatable bonds is 9. The van der Waals surface area contributed by atoms with E-state index < -0.39 is 5.97 Å². The number of carboxylic acids is 1. The Morgan fingerprint density at radius 3 is 2.28 bits per heavy atom. The van der Waals surface area contributed by atoms with Gasteiger partial charge in [-0.1, -0.05) is 19.3 Å². The minimum atomic E-state index is -0.696. The molecule has 0 aliphatic heterocycles. The van der Waals surface area contributed by atoms with E-state index in [1.165, 1.54) is 4.90 Å². The highest BCUT2D eigenvalue weighted by atomic mass is 32.2. The van der Waals surface area contributed by atoms with Crippen molar-refractivity contribution in [2.45, 2.75) is 43.4 Å². The maximum atomic E-state index is 10.3. The summed E-state index contributed by atoms with van der Waals surface area (Å²) in [5.41, 5.74) is 0. The highest BCUT2D eigenvalue weighted by Crippen LogP contribution is 2.22. The molecule has 0 saturated carbocycles. The molecular weight excluding hydrogens is 248 g/mol.